The van der Waals surface area contributed by atoms with Gasteiger partial charge in [-0.3, -0.25) is 4.79 Å². The maximum Gasteiger partial charge on any atom is 0.201 e. The molecule has 1 saturated heterocycles. The van der Waals surface area contributed by atoms with Crippen LogP contribution in [-0.4, -0.2) is 23.0 Å². The quantitative estimate of drug-likeness (QED) is 0.877. The maximum atomic E-state index is 13.8. The zero-order valence-electron chi connectivity index (χ0n) is 12.0. The van der Waals surface area contributed by atoms with Crippen LogP contribution in [0.5, 0.6) is 0 Å². The minimum Gasteiger partial charge on any atom is -0.375 e. The average Bonchev–Trinajstić information content (AvgIpc) is 3.11. The molecule has 0 bridgehead atoms. The summed E-state index contributed by atoms with van der Waals surface area (Å²) in [7, 11) is 0. The Morgan fingerprint density at radius 3 is 2.95 bits per heavy atom. The number of thiophene rings is 1. The fourth-order valence-corrected chi connectivity index (χ4v) is 3.99. The normalized spacial score (nSPS) is 23.3. The highest BCUT2D eigenvalue weighted by atomic mass is 32.1. The molecule has 1 aromatic carbocycles. The fraction of sp³-hybridized carbons (Fsp3) is 0.235. The predicted molar refractivity (Wildman–Crippen MR) is 84.7 cm³/mol. The number of aryl methyl sites for hydroxylation is 1. The largest absolute Gasteiger partial charge is 0.375 e. The van der Waals surface area contributed by atoms with Gasteiger partial charge in [0.2, 0.25) is 5.78 Å². The third kappa shape index (κ3) is 1.72. The number of carbonyl (C=O) groups is 1. The lowest BCUT2D eigenvalue weighted by Gasteiger charge is -2.30. The van der Waals surface area contributed by atoms with Crippen LogP contribution >= 0.6 is 11.3 Å². The summed E-state index contributed by atoms with van der Waals surface area (Å²) in [6.07, 6.45) is 2.14. The number of fused-ring (bicyclic) bond motifs is 2. The summed E-state index contributed by atoms with van der Waals surface area (Å²) < 4.78 is 13.8. The van der Waals surface area contributed by atoms with Gasteiger partial charge in [-0.25, -0.2) is 4.39 Å². The SMILES string of the molecule is Cc1cc2c(cc1F)C(=O)[C@]1(O)CCN(c3cccs3)C1=C2. The van der Waals surface area contributed by atoms with Gasteiger partial charge in [-0.15, -0.1) is 11.3 Å². The molecule has 0 saturated carbocycles. The number of ketones is 1. The minimum absolute atomic E-state index is 0.266. The first-order valence-electron chi connectivity index (χ1n) is 7.11. The molecule has 2 aliphatic rings. The number of rotatable bonds is 1. The maximum absolute atomic E-state index is 13.8. The smallest absolute Gasteiger partial charge is 0.201 e. The molecule has 5 heteroatoms. The zero-order chi connectivity index (χ0) is 15.5. The lowest BCUT2D eigenvalue weighted by molar-refractivity contribution is 0.0511. The third-order valence-electron chi connectivity index (χ3n) is 4.43. The number of carbonyl (C=O) groups excluding carboxylic acids is 1. The number of hydrogen-bond donors (Lipinski definition) is 1. The molecule has 1 N–H and O–H groups in total. The van der Waals surface area contributed by atoms with Crippen molar-refractivity contribution in [3.05, 3.63) is 57.9 Å². The molecule has 0 unspecified atom stereocenters. The zero-order valence-corrected chi connectivity index (χ0v) is 12.8. The summed E-state index contributed by atoms with van der Waals surface area (Å²) >= 11 is 1.57. The van der Waals surface area contributed by atoms with Gasteiger partial charge in [0.15, 0.2) is 5.60 Å². The Labute approximate surface area is 131 Å². The van der Waals surface area contributed by atoms with Gasteiger partial charge in [0.25, 0.3) is 0 Å². The monoisotopic (exact) mass is 315 g/mol. The molecule has 1 atom stereocenters. The fourth-order valence-electron chi connectivity index (χ4n) is 3.21. The van der Waals surface area contributed by atoms with E-state index in [-0.39, 0.29) is 5.56 Å². The molecule has 22 heavy (non-hydrogen) atoms. The Balaban J connectivity index is 1.91. The number of benzene rings is 1. The third-order valence-corrected chi connectivity index (χ3v) is 5.32. The van der Waals surface area contributed by atoms with Crippen molar-refractivity contribution in [3.63, 3.8) is 0 Å². The average molecular weight is 315 g/mol. The highest BCUT2D eigenvalue weighted by molar-refractivity contribution is 7.14. The van der Waals surface area contributed by atoms with Crippen LogP contribution in [0.3, 0.4) is 0 Å². The summed E-state index contributed by atoms with van der Waals surface area (Å²) in [6, 6.07) is 6.81. The molecule has 1 aliphatic carbocycles. The highest BCUT2D eigenvalue weighted by Gasteiger charge is 2.50. The molecular weight excluding hydrogens is 301 g/mol. The first-order chi connectivity index (χ1) is 10.5. The number of Topliss-reactive ketones (excluding diaryl/α,β-unsaturated/α-hetero) is 1. The van der Waals surface area contributed by atoms with Crippen LogP contribution in [0.15, 0.2) is 35.3 Å². The van der Waals surface area contributed by atoms with E-state index in [1.165, 1.54) is 6.07 Å². The molecule has 0 amide bonds. The standard InChI is InChI=1S/C17H14FNO2S/c1-10-7-11-8-14-17(21,16(20)12(11)9-13(10)18)4-5-19(14)15-3-2-6-22-15/h2-3,6-9,21H,4-5H2,1H3/t17-/m0/s1. The summed E-state index contributed by atoms with van der Waals surface area (Å²) in [4.78, 5) is 14.7. The van der Waals surface area contributed by atoms with Crippen LogP contribution in [0.1, 0.15) is 27.9 Å². The van der Waals surface area contributed by atoms with E-state index in [1.54, 1.807) is 24.3 Å². The van der Waals surface area contributed by atoms with Crippen molar-refractivity contribution in [1.82, 2.24) is 0 Å². The highest BCUT2D eigenvalue weighted by Crippen LogP contribution is 2.44. The second-order valence-electron chi connectivity index (χ2n) is 5.76. The summed E-state index contributed by atoms with van der Waals surface area (Å²) in [5.41, 5.74) is 0.487. The van der Waals surface area contributed by atoms with Gasteiger partial charge in [-0.2, -0.15) is 0 Å². The van der Waals surface area contributed by atoms with E-state index in [0.29, 0.717) is 29.8 Å². The second kappa shape index (κ2) is 4.51. The number of anilines is 1. The molecule has 4 rings (SSSR count). The molecule has 1 aromatic heterocycles. The van der Waals surface area contributed by atoms with E-state index in [4.69, 9.17) is 0 Å². The summed E-state index contributed by atoms with van der Waals surface area (Å²) in [5, 5.41) is 13.8. The van der Waals surface area contributed by atoms with E-state index >= 15 is 0 Å². The molecular formula is C17H14FNO2S. The Kier molecular flexibility index (Phi) is 2.80. The number of hydrogen-bond acceptors (Lipinski definition) is 4. The van der Waals surface area contributed by atoms with Crippen molar-refractivity contribution in [2.45, 2.75) is 18.9 Å². The molecule has 112 valence electrons. The van der Waals surface area contributed by atoms with Gasteiger partial charge < -0.3 is 10.0 Å². The Hall–Kier alpha value is -1.98. The van der Waals surface area contributed by atoms with Crippen LogP contribution in [0.2, 0.25) is 0 Å². The van der Waals surface area contributed by atoms with E-state index in [2.05, 4.69) is 0 Å². The lowest BCUT2D eigenvalue weighted by atomic mass is 9.81. The topological polar surface area (TPSA) is 40.5 Å². The van der Waals surface area contributed by atoms with E-state index in [9.17, 15) is 14.3 Å². The Morgan fingerprint density at radius 1 is 1.41 bits per heavy atom. The molecule has 1 aliphatic heterocycles. The van der Waals surface area contributed by atoms with Gasteiger partial charge in [0.1, 0.15) is 5.82 Å². The second-order valence-corrected chi connectivity index (χ2v) is 6.69. The summed E-state index contributed by atoms with van der Waals surface area (Å²) in [6.45, 7) is 2.25. The minimum atomic E-state index is -1.54. The number of halogens is 1. The van der Waals surface area contributed by atoms with Crippen LogP contribution in [-0.2, 0) is 0 Å². The van der Waals surface area contributed by atoms with Crippen molar-refractivity contribution in [2.75, 3.05) is 11.4 Å². The van der Waals surface area contributed by atoms with Crippen molar-refractivity contribution < 1.29 is 14.3 Å². The molecule has 0 spiro atoms. The molecule has 2 heterocycles. The van der Waals surface area contributed by atoms with Gasteiger partial charge in [0.05, 0.1) is 10.7 Å². The van der Waals surface area contributed by atoms with Crippen molar-refractivity contribution in [1.29, 1.82) is 0 Å². The molecule has 3 nitrogen and oxygen atoms in total. The van der Waals surface area contributed by atoms with E-state index in [0.717, 1.165) is 5.00 Å². The number of nitrogens with zero attached hydrogens (tertiary/aromatic N) is 1. The van der Waals surface area contributed by atoms with Gasteiger partial charge in [-0.1, -0.05) is 0 Å². The van der Waals surface area contributed by atoms with E-state index in [1.807, 2.05) is 28.5 Å². The Morgan fingerprint density at radius 2 is 2.23 bits per heavy atom. The van der Waals surface area contributed by atoms with Gasteiger partial charge in [0, 0.05) is 18.5 Å². The van der Waals surface area contributed by atoms with E-state index < -0.39 is 17.2 Å². The molecule has 2 aromatic rings. The molecule has 1 fully saturated rings. The first-order valence-corrected chi connectivity index (χ1v) is 7.99. The molecule has 0 radical (unpaired) electrons. The van der Waals surface area contributed by atoms with Crippen LogP contribution in [0.4, 0.5) is 9.39 Å². The van der Waals surface area contributed by atoms with Crippen LogP contribution < -0.4 is 4.90 Å². The first kappa shape index (κ1) is 13.7. The van der Waals surface area contributed by atoms with Gasteiger partial charge in [-0.05, 0) is 53.8 Å². The van der Waals surface area contributed by atoms with Crippen LogP contribution in [0, 0.1) is 12.7 Å². The Bertz CT molecular complexity index is 812. The van der Waals surface area contributed by atoms with Crippen molar-refractivity contribution in [2.24, 2.45) is 0 Å². The van der Waals surface area contributed by atoms with Gasteiger partial charge >= 0.3 is 0 Å². The van der Waals surface area contributed by atoms with Crippen LogP contribution in [0.25, 0.3) is 6.08 Å². The lowest BCUT2D eigenvalue weighted by Crippen LogP contribution is -2.42. The predicted octanol–water partition coefficient (Wildman–Crippen LogP) is 3.37. The van der Waals surface area contributed by atoms with Crippen molar-refractivity contribution >= 4 is 28.2 Å². The van der Waals surface area contributed by atoms with Crippen molar-refractivity contribution in [3.8, 4) is 0 Å². The summed E-state index contributed by atoms with van der Waals surface area (Å²) in [5.74, 6) is -0.821. The number of aliphatic hydroxyl groups is 1.